The molecule has 108 valence electrons. The van der Waals surface area contributed by atoms with Crippen molar-refractivity contribution in [1.82, 2.24) is 16.0 Å². The highest BCUT2D eigenvalue weighted by atomic mass is 16.4. The summed E-state index contributed by atoms with van der Waals surface area (Å²) in [7, 11) is 0. The smallest absolute Gasteiger partial charge is 0.332 e. The van der Waals surface area contributed by atoms with E-state index in [0.717, 1.165) is 12.8 Å². The summed E-state index contributed by atoms with van der Waals surface area (Å²) in [5.41, 5.74) is 0. The largest absolute Gasteiger partial charge is 0.479 e. The van der Waals surface area contributed by atoms with Gasteiger partial charge in [0.15, 0.2) is 6.10 Å². The van der Waals surface area contributed by atoms with E-state index in [1.54, 1.807) is 0 Å². The van der Waals surface area contributed by atoms with Crippen LogP contribution in [0, 0.1) is 0 Å². The number of urea groups is 1. The van der Waals surface area contributed by atoms with Crippen LogP contribution in [0.5, 0.6) is 0 Å². The van der Waals surface area contributed by atoms with Gasteiger partial charge in [0.05, 0.1) is 0 Å². The molecule has 0 heterocycles. The van der Waals surface area contributed by atoms with Crippen molar-refractivity contribution in [2.75, 3.05) is 13.1 Å². The highest BCUT2D eigenvalue weighted by molar-refractivity contribution is 5.78. The number of aliphatic carboxylic acids is 1. The first kappa shape index (κ1) is 15.2. The minimum Gasteiger partial charge on any atom is -0.479 e. The Bertz CT molecular complexity index is 343. The molecule has 1 atom stereocenters. The normalized spacial score (nSPS) is 15.4. The fourth-order valence-corrected chi connectivity index (χ4v) is 1.33. The van der Waals surface area contributed by atoms with Crippen LogP contribution in [0.2, 0.25) is 0 Å². The predicted molar refractivity (Wildman–Crippen MR) is 65.4 cm³/mol. The standard InChI is InChI=1S/C11H19N3O5/c15-8(10(17)18)3-5-12-11(19)13-6-4-9(16)14-7-1-2-7/h7-8,15H,1-6H2,(H,14,16)(H,17,18)(H2,12,13,19). The Kier molecular flexibility index (Phi) is 6.07. The summed E-state index contributed by atoms with van der Waals surface area (Å²) in [6, 6.07) is -0.185. The van der Waals surface area contributed by atoms with Crippen LogP contribution < -0.4 is 16.0 Å². The van der Waals surface area contributed by atoms with Crippen molar-refractivity contribution in [1.29, 1.82) is 0 Å². The average Bonchev–Trinajstić information content (AvgIpc) is 3.12. The molecule has 8 nitrogen and oxygen atoms in total. The summed E-state index contributed by atoms with van der Waals surface area (Å²) >= 11 is 0. The summed E-state index contributed by atoms with van der Waals surface area (Å²) < 4.78 is 0. The molecule has 8 heteroatoms. The molecule has 19 heavy (non-hydrogen) atoms. The minimum absolute atomic E-state index is 0.0492. The molecule has 0 saturated heterocycles. The van der Waals surface area contributed by atoms with E-state index in [2.05, 4.69) is 16.0 Å². The Labute approximate surface area is 110 Å². The number of hydrogen-bond acceptors (Lipinski definition) is 4. The van der Waals surface area contributed by atoms with E-state index in [0.29, 0.717) is 6.04 Å². The number of carboxylic acid groups (broad SMARTS) is 1. The number of rotatable bonds is 8. The average molecular weight is 273 g/mol. The van der Waals surface area contributed by atoms with Gasteiger partial charge < -0.3 is 26.2 Å². The van der Waals surface area contributed by atoms with E-state index in [-0.39, 0.29) is 31.8 Å². The Morgan fingerprint density at radius 2 is 1.79 bits per heavy atom. The van der Waals surface area contributed by atoms with Crippen LogP contribution in [0.1, 0.15) is 25.7 Å². The zero-order valence-electron chi connectivity index (χ0n) is 10.5. The van der Waals surface area contributed by atoms with Gasteiger partial charge in [-0.1, -0.05) is 0 Å². The lowest BCUT2D eigenvalue weighted by Crippen LogP contribution is -2.39. The van der Waals surface area contributed by atoms with Crippen molar-refractivity contribution in [2.24, 2.45) is 0 Å². The zero-order chi connectivity index (χ0) is 14.3. The first-order chi connectivity index (χ1) is 8.99. The van der Waals surface area contributed by atoms with Crippen LogP contribution in [0.25, 0.3) is 0 Å². The summed E-state index contributed by atoms with van der Waals surface area (Å²) in [6.45, 7) is 0.263. The second kappa shape index (κ2) is 7.57. The number of carbonyl (C=O) groups excluding carboxylic acids is 2. The second-order valence-electron chi connectivity index (χ2n) is 4.42. The molecule has 0 bridgehead atoms. The minimum atomic E-state index is -1.48. The van der Waals surface area contributed by atoms with E-state index < -0.39 is 18.1 Å². The topological polar surface area (TPSA) is 128 Å². The van der Waals surface area contributed by atoms with E-state index >= 15 is 0 Å². The molecule has 3 amide bonds. The molecule has 1 fully saturated rings. The van der Waals surface area contributed by atoms with E-state index in [1.165, 1.54) is 0 Å². The monoisotopic (exact) mass is 273 g/mol. The van der Waals surface area contributed by atoms with Crippen molar-refractivity contribution in [3.8, 4) is 0 Å². The maximum atomic E-state index is 11.3. The molecule has 5 N–H and O–H groups in total. The van der Waals surface area contributed by atoms with Gasteiger partial charge in [0.1, 0.15) is 0 Å². The lowest BCUT2D eigenvalue weighted by molar-refractivity contribution is -0.146. The van der Waals surface area contributed by atoms with Crippen molar-refractivity contribution in [3.05, 3.63) is 0 Å². The van der Waals surface area contributed by atoms with Crippen LogP contribution >= 0.6 is 0 Å². The Morgan fingerprint density at radius 1 is 1.16 bits per heavy atom. The SMILES string of the molecule is O=C(CCNC(=O)NCCC(O)C(=O)O)NC1CC1. The molecule has 0 radical (unpaired) electrons. The molecule has 1 saturated carbocycles. The third-order valence-corrected chi connectivity index (χ3v) is 2.57. The highest BCUT2D eigenvalue weighted by Gasteiger charge is 2.22. The van der Waals surface area contributed by atoms with Crippen molar-refractivity contribution in [2.45, 2.75) is 37.8 Å². The van der Waals surface area contributed by atoms with Crippen LogP contribution in [0.3, 0.4) is 0 Å². The van der Waals surface area contributed by atoms with Gasteiger partial charge in [0, 0.05) is 32.0 Å². The van der Waals surface area contributed by atoms with Crippen LogP contribution in [0.4, 0.5) is 4.79 Å². The van der Waals surface area contributed by atoms with Crippen LogP contribution in [-0.2, 0) is 9.59 Å². The number of carbonyl (C=O) groups is 3. The molecule has 0 aromatic heterocycles. The molecular weight excluding hydrogens is 254 g/mol. The van der Waals surface area contributed by atoms with Crippen LogP contribution in [0.15, 0.2) is 0 Å². The number of aliphatic hydroxyl groups is 1. The fraction of sp³-hybridized carbons (Fsp3) is 0.727. The van der Waals surface area contributed by atoms with Gasteiger partial charge in [-0.3, -0.25) is 4.79 Å². The van der Waals surface area contributed by atoms with Crippen molar-refractivity contribution in [3.63, 3.8) is 0 Å². The fourth-order valence-electron chi connectivity index (χ4n) is 1.33. The zero-order valence-corrected chi connectivity index (χ0v) is 10.5. The molecule has 0 aromatic carbocycles. The number of nitrogens with one attached hydrogen (secondary N) is 3. The van der Waals surface area contributed by atoms with Crippen molar-refractivity contribution >= 4 is 17.9 Å². The highest BCUT2D eigenvalue weighted by Crippen LogP contribution is 2.18. The molecule has 1 rings (SSSR count). The van der Waals surface area contributed by atoms with E-state index in [1.807, 2.05) is 0 Å². The first-order valence-electron chi connectivity index (χ1n) is 6.21. The third-order valence-electron chi connectivity index (χ3n) is 2.57. The third kappa shape index (κ3) is 7.24. The van der Waals surface area contributed by atoms with Gasteiger partial charge in [-0.15, -0.1) is 0 Å². The Hall–Kier alpha value is -1.83. The van der Waals surface area contributed by atoms with E-state index in [4.69, 9.17) is 10.2 Å². The van der Waals surface area contributed by atoms with Gasteiger partial charge in [-0.05, 0) is 12.8 Å². The Balaban J connectivity index is 1.97. The lowest BCUT2D eigenvalue weighted by atomic mass is 10.2. The van der Waals surface area contributed by atoms with Gasteiger partial charge in [0.2, 0.25) is 5.91 Å². The number of hydrogen-bond donors (Lipinski definition) is 5. The summed E-state index contributed by atoms with van der Waals surface area (Å²) in [4.78, 5) is 32.8. The summed E-state index contributed by atoms with van der Waals surface area (Å²) in [5.74, 6) is -1.41. The Morgan fingerprint density at radius 3 is 2.37 bits per heavy atom. The molecule has 1 aliphatic carbocycles. The van der Waals surface area contributed by atoms with Crippen molar-refractivity contribution < 1.29 is 24.6 Å². The van der Waals surface area contributed by atoms with Crippen LogP contribution in [-0.4, -0.2) is 53.4 Å². The molecule has 0 spiro atoms. The van der Waals surface area contributed by atoms with Gasteiger partial charge in [0.25, 0.3) is 0 Å². The van der Waals surface area contributed by atoms with E-state index in [9.17, 15) is 14.4 Å². The van der Waals surface area contributed by atoms with Gasteiger partial charge >= 0.3 is 12.0 Å². The number of aliphatic hydroxyl groups excluding tert-OH is 1. The molecule has 1 unspecified atom stereocenters. The first-order valence-corrected chi connectivity index (χ1v) is 6.21. The maximum absolute atomic E-state index is 11.3. The number of amides is 3. The quantitative estimate of drug-likeness (QED) is 0.379. The lowest BCUT2D eigenvalue weighted by Gasteiger charge is -2.09. The second-order valence-corrected chi connectivity index (χ2v) is 4.42. The molecule has 1 aliphatic rings. The molecule has 0 aliphatic heterocycles. The molecular formula is C11H19N3O5. The number of carboxylic acids is 1. The predicted octanol–water partition coefficient (Wildman–Crippen LogP) is -1.21. The summed E-state index contributed by atoms with van der Waals surface area (Å²) in [5, 5.41) is 25.0. The molecule has 0 aromatic rings. The van der Waals surface area contributed by atoms with Gasteiger partial charge in [-0.2, -0.15) is 0 Å². The summed E-state index contributed by atoms with van der Waals surface area (Å²) in [6.07, 6.45) is 0.702. The maximum Gasteiger partial charge on any atom is 0.332 e. The van der Waals surface area contributed by atoms with Gasteiger partial charge in [-0.25, -0.2) is 9.59 Å².